The zero-order chi connectivity index (χ0) is 30.6. The van der Waals surface area contributed by atoms with Gasteiger partial charge in [-0.15, -0.1) is 23.2 Å². The zero-order valence-electron chi connectivity index (χ0n) is 21.1. The maximum absolute atomic E-state index is 13.2. The highest BCUT2D eigenvalue weighted by Gasteiger charge is 2.69. The summed E-state index contributed by atoms with van der Waals surface area (Å²) >= 11 is 31.2. The molecule has 2 saturated carbocycles. The molecule has 5 rings (SSSR count). The first-order valence-corrected chi connectivity index (χ1v) is 14.3. The smallest absolute Gasteiger partial charge is 0.326 e. The van der Waals surface area contributed by atoms with Crippen LogP contribution in [0.3, 0.4) is 0 Å². The van der Waals surface area contributed by atoms with Gasteiger partial charge in [-0.25, -0.2) is 0 Å². The van der Waals surface area contributed by atoms with Crippen LogP contribution in [0.4, 0.5) is 30.2 Å². The molecule has 0 heterocycles. The first-order valence-electron chi connectivity index (χ1n) is 12.4. The van der Waals surface area contributed by atoms with Gasteiger partial charge in [-0.3, -0.25) is 14.4 Å². The first-order chi connectivity index (χ1) is 19.6. The maximum atomic E-state index is 13.2. The van der Waals surface area contributed by atoms with Gasteiger partial charge in [-0.05, 0) is 79.1 Å². The van der Waals surface area contributed by atoms with Gasteiger partial charge in [-0.2, -0.15) is 13.2 Å². The fraction of sp³-hybridized carbons (Fsp3) is 0.250. The number of carbonyl (C=O) groups excluding carboxylic acids is 3. The van der Waals surface area contributed by atoms with Crippen molar-refractivity contribution in [2.45, 2.75) is 29.3 Å². The van der Waals surface area contributed by atoms with Crippen LogP contribution in [0, 0.1) is 11.3 Å². The van der Waals surface area contributed by atoms with Crippen molar-refractivity contribution in [1.29, 1.82) is 0 Å². The van der Waals surface area contributed by atoms with Crippen molar-refractivity contribution >= 4 is 92.8 Å². The zero-order valence-corrected chi connectivity index (χ0v) is 24.9. The maximum Gasteiger partial charge on any atom is 0.403 e. The minimum atomic E-state index is -4.62. The number of halogens is 8. The Labute approximate surface area is 262 Å². The lowest BCUT2D eigenvalue weighted by molar-refractivity contribution is -0.189. The Morgan fingerprint density at radius 3 is 1.86 bits per heavy atom. The monoisotopic (exact) mass is 677 g/mol. The number of nitrogens with one attached hydrogen (secondary N) is 3. The topological polar surface area (TPSA) is 87.3 Å². The molecule has 3 aromatic rings. The third kappa shape index (κ3) is 6.03. The van der Waals surface area contributed by atoms with Crippen molar-refractivity contribution < 1.29 is 27.6 Å². The molecule has 220 valence electrons. The Kier molecular flexibility index (Phi) is 8.13. The lowest BCUT2D eigenvalue weighted by Crippen LogP contribution is -2.36. The van der Waals surface area contributed by atoms with Gasteiger partial charge in [0.25, 0.3) is 5.91 Å². The van der Waals surface area contributed by atoms with Gasteiger partial charge in [0.15, 0.2) is 0 Å². The Balaban J connectivity index is 1.23. The van der Waals surface area contributed by atoms with Crippen molar-refractivity contribution in [1.82, 2.24) is 0 Å². The molecule has 2 aliphatic carbocycles. The van der Waals surface area contributed by atoms with E-state index in [1.54, 1.807) is 18.2 Å². The molecule has 2 atom stereocenters. The van der Waals surface area contributed by atoms with Crippen molar-refractivity contribution in [3.63, 3.8) is 0 Å². The van der Waals surface area contributed by atoms with Gasteiger partial charge in [0, 0.05) is 33.0 Å². The van der Waals surface area contributed by atoms with Crippen LogP contribution in [0.2, 0.25) is 15.1 Å². The molecule has 0 bridgehead atoms. The van der Waals surface area contributed by atoms with Crippen molar-refractivity contribution in [3.8, 4) is 0 Å². The van der Waals surface area contributed by atoms with E-state index in [0.717, 1.165) is 0 Å². The van der Waals surface area contributed by atoms with Gasteiger partial charge < -0.3 is 16.0 Å². The Bertz CT molecular complexity index is 1570. The molecule has 3 N–H and O–H groups in total. The second-order valence-electron chi connectivity index (χ2n) is 10.1. The minimum absolute atomic E-state index is 0.0321. The quantitative estimate of drug-likeness (QED) is 0.219. The van der Waals surface area contributed by atoms with Crippen LogP contribution in [0.15, 0.2) is 60.7 Å². The van der Waals surface area contributed by atoms with E-state index in [1.807, 2.05) is 0 Å². The fourth-order valence-electron chi connectivity index (χ4n) is 4.67. The van der Waals surface area contributed by atoms with E-state index in [9.17, 15) is 27.6 Å². The van der Waals surface area contributed by atoms with E-state index in [-0.39, 0.29) is 40.5 Å². The van der Waals surface area contributed by atoms with Crippen LogP contribution in [0.25, 0.3) is 0 Å². The summed E-state index contributed by atoms with van der Waals surface area (Å²) in [6.45, 7) is 0. The number of rotatable bonds is 7. The summed E-state index contributed by atoms with van der Waals surface area (Å²) in [5.41, 5.74) is -1.03. The lowest BCUT2D eigenvalue weighted by Gasteiger charge is -2.18. The van der Waals surface area contributed by atoms with Crippen LogP contribution in [-0.2, 0) is 9.59 Å². The second kappa shape index (κ2) is 11.1. The van der Waals surface area contributed by atoms with Crippen molar-refractivity contribution in [2.24, 2.45) is 11.3 Å². The average molecular weight is 680 g/mol. The molecular formula is C28H19Cl5F3N3O3. The van der Waals surface area contributed by atoms with E-state index in [0.29, 0.717) is 15.6 Å². The number of hydrogen-bond acceptors (Lipinski definition) is 3. The Hall–Kier alpha value is -2.69. The summed E-state index contributed by atoms with van der Waals surface area (Å²) in [7, 11) is 0. The van der Waals surface area contributed by atoms with E-state index < -0.39 is 45.5 Å². The molecule has 0 aliphatic heterocycles. The molecule has 3 aromatic carbocycles. The highest BCUT2D eigenvalue weighted by atomic mass is 35.5. The lowest BCUT2D eigenvalue weighted by atomic mass is 10.1. The second-order valence-corrected chi connectivity index (χ2v) is 12.8. The van der Waals surface area contributed by atoms with Crippen molar-refractivity contribution in [3.05, 3.63) is 86.9 Å². The van der Waals surface area contributed by atoms with E-state index in [4.69, 9.17) is 58.0 Å². The highest BCUT2D eigenvalue weighted by molar-refractivity contribution is 6.53. The number of anilines is 3. The number of amides is 3. The summed E-state index contributed by atoms with van der Waals surface area (Å²) < 4.78 is 38.1. The van der Waals surface area contributed by atoms with Crippen LogP contribution < -0.4 is 16.0 Å². The largest absolute Gasteiger partial charge is 0.403 e. The third-order valence-corrected chi connectivity index (χ3v) is 8.89. The predicted octanol–water partition coefficient (Wildman–Crippen LogP) is 8.71. The fourth-order valence-corrected chi connectivity index (χ4v) is 6.24. The number of benzene rings is 3. The molecule has 3 amide bonds. The van der Waals surface area contributed by atoms with Crippen molar-refractivity contribution in [2.75, 3.05) is 16.0 Å². The predicted molar refractivity (Wildman–Crippen MR) is 158 cm³/mol. The summed E-state index contributed by atoms with van der Waals surface area (Å²) in [4.78, 5) is 38.2. The molecule has 42 heavy (non-hydrogen) atoms. The normalized spacial score (nSPS) is 19.9. The van der Waals surface area contributed by atoms with Crippen LogP contribution in [0.5, 0.6) is 0 Å². The molecule has 14 heteroatoms. The molecular weight excluding hydrogens is 661 g/mol. The van der Waals surface area contributed by atoms with Crippen LogP contribution in [-0.4, -0.2) is 28.2 Å². The molecule has 2 aliphatic rings. The standard InChI is InChI=1S/C28H19Cl5F3N3O3/c29-14-9-13(10-15(30)11-14)21-22(27(21,32)33)24(41)38-18-5-6-20(31)19(12-18)23(40)37-16-1-3-17(4-2-16)39-25(42)26(7-8-26)28(34,35)36/h1-6,9-12,21-22H,7-8H2,(H,37,40)(H,38,41)(H,39,42)/t21-,22+/m1/s1. The highest BCUT2D eigenvalue weighted by Crippen LogP contribution is 2.65. The van der Waals surface area contributed by atoms with Gasteiger partial charge in [0.2, 0.25) is 11.8 Å². The minimum Gasteiger partial charge on any atom is -0.326 e. The molecule has 6 nitrogen and oxygen atoms in total. The molecule has 0 spiro atoms. The molecule has 0 saturated heterocycles. The molecule has 0 radical (unpaired) electrons. The van der Waals surface area contributed by atoms with Gasteiger partial charge in [-0.1, -0.05) is 34.8 Å². The first kappa shape index (κ1) is 30.8. The number of alkyl halides is 5. The number of carbonyl (C=O) groups is 3. The molecule has 2 fully saturated rings. The van der Waals surface area contributed by atoms with Crippen LogP contribution in [0.1, 0.15) is 34.7 Å². The molecule has 0 aromatic heterocycles. The summed E-state index contributed by atoms with van der Waals surface area (Å²) in [6.07, 6.45) is -5.14. The van der Waals surface area contributed by atoms with Gasteiger partial charge in [0.05, 0.1) is 16.5 Å². The van der Waals surface area contributed by atoms with Gasteiger partial charge in [0.1, 0.15) is 9.75 Å². The summed E-state index contributed by atoms with van der Waals surface area (Å²) in [5.74, 6) is -3.63. The third-order valence-electron chi connectivity index (χ3n) is 7.19. The van der Waals surface area contributed by atoms with E-state index in [2.05, 4.69) is 16.0 Å². The Morgan fingerprint density at radius 1 is 0.762 bits per heavy atom. The number of hydrogen-bond donors (Lipinski definition) is 3. The van der Waals surface area contributed by atoms with Crippen LogP contribution >= 0.6 is 58.0 Å². The molecule has 0 unspecified atom stereocenters. The SMILES string of the molecule is O=C(Nc1ccc(NC(=O)C2(C(F)(F)F)CC2)cc1)c1cc(NC(=O)[C@@H]2[C@@H](c3cc(Cl)cc(Cl)c3)C2(Cl)Cl)ccc1Cl. The van der Waals surface area contributed by atoms with Gasteiger partial charge >= 0.3 is 6.18 Å². The summed E-state index contributed by atoms with van der Waals surface area (Å²) in [5, 5.41) is 8.42. The van der Waals surface area contributed by atoms with E-state index in [1.165, 1.54) is 42.5 Å². The van der Waals surface area contributed by atoms with E-state index >= 15 is 0 Å². The average Bonchev–Trinajstić information content (AvgIpc) is 3.80. The Morgan fingerprint density at radius 2 is 1.31 bits per heavy atom. The summed E-state index contributed by atoms with van der Waals surface area (Å²) in [6, 6.07) is 14.6.